The van der Waals surface area contributed by atoms with Gasteiger partial charge in [-0.15, -0.1) is 12.4 Å². The van der Waals surface area contributed by atoms with Crippen LogP contribution in [-0.2, 0) is 0 Å². The van der Waals surface area contributed by atoms with Gasteiger partial charge in [0.1, 0.15) is 5.82 Å². The van der Waals surface area contributed by atoms with Crippen LogP contribution in [0, 0.1) is 5.82 Å². The van der Waals surface area contributed by atoms with Crippen LogP contribution in [0.2, 0.25) is 0 Å². The van der Waals surface area contributed by atoms with Gasteiger partial charge in [-0.3, -0.25) is 4.79 Å². The summed E-state index contributed by atoms with van der Waals surface area (Å²) in [6, 6.07) is 4.56. The first-order valence-electron chi connectivity index (χ1n) is 5.02. The second-order valence-electron chi connectivity index (χ2n) is 3.85. The van der Waals surface area contributed by atoms with Crippen LogP contribution in [0.4, 0.5) is 4.39 Å². The van der Waals surface area contributed by atoms with E-state index in [0.29, 0.717) is 4.47 Å². The van der Waals surface area contributed by atoms with E-state index in [2.05, 4.69) is 21.2 Å². The number of rotatable bonds is 2. The van der Waals surface area contributed by atoms with E-state index in [-0.39, 0.29) is 29.9 Å². The van der Waals surface area contributed by atoms with E-state index in [0.717, 1.165) is 13.1 Å². The Morgan fingerprint density at radius 3 is 2.71 bits per heavy atom. The molecule has 1 heterocycles. The van der Waals surface area contributed by atoms with Crippen molar-refractivity contribution in [3.05, 3.63) is 34.1 Å². The molecule has 0 unspecified atom stereocenters. The highest BCUT2D eigenvalue weighted by molar-refractivity contribution is 9.10. The van der Waals surface area contributed by atoms with Crippen molar-refractivity contribution in [2.45, 2.75) is 6.04 Å². The molecule has 0 aliphatic carbocycles. The Bertz CT molecular complexity index is 426. The number of halogens is 3. The van der Waals surface area contributed by atoms with Crippen LogP contribution in [0.3, 0.4) is 0 Å². The second-order valence-corrected chi connectivity index (χ2v) is 4.77. The zero-order chi connectivity index (χ0) is 11.7. The summed E-state index contributed by atoms with van der Waals surface area (Å²) in [6.45, 7) is 1.55. The fourth-order valence-corrected chi connectivity index (χ4v) is 1.93. The molecule has 1 saturated heterocycles. The minimum atomic E-state index is -0.479. The third-order valence-electron chi connectivity index (χ3n) is 2.79. The Hall–Kier alpha value is -0.650. The molecule has 1 amide bonds. The van der Waals surface area contributed by atoms with E-state index in [1.165, 1.54) is 12.1 Å². The van der Waals surface area contributed by atoms with Gasteiger partial charge in [0, 0.05) is 24.6 Å². The molecule has 1 aliphatic rings. The van der Waals surface area contributed by atoms with Crippen LogP contribution in [0.15, 0.2) is 22.7 Å². The quantitative estimate of drug-likeness (QED) is 0.903. The molecule has 0 atom stereocenters. The Morgan fingerprint density at radius 1 is 1.53 bits per heavy atom. The van der Waals surface area contributed by atoms with Gasteiger partial charge in [-0.05, 0) is 18.2 Å². The van der Waals surface area contributed by atoms with E-state index in [9.17, 15) is 9.18 Å². The zero-order valence-electron chi connectivity index (χ0n) is 9.24. The molecule has 3 nitrogen and oxygen atoms in total. The lowest BCUT2D eigenvalue weighted by Gasteiger charge is -2.35. The highest BCUT2D eigenvalue weighted by Gasteiger charge is 2.27. The summed E-state index contributed by atoms with van der Waals surface area (Å²) < 4.78 is 14.2. The number of amides is 1. The molecule has 6 heteroatoms. The van der Waals surface area contributed by atoms with Crippen molar-refractivity contribution < 1.29 is 9.18 Å². The average Bonchev–Trinajstić information content (AvgIpc) is 2.18. The van der Waals surface area contributed by atoms with E-state index in [1.54, 1.807) is 18.0 Å². The van der Waals surface area contributed by atoms with Crippen molar-refractivity contribution in [3.63, 3.8) is 0 Å². The van der Waals surface area contributed by atoms with Crippen LogP contribution in [0.1, 0.15) is 10.4 Å². The second kappa shape index (κ2) is 5.80. The van der Waals surface area contributed by atoms with Gasteiger partial charge in [0.25, 0.3) is 5.91 Å². The monoisotopic (exact) mass is 322 g/mol. The lowest BCUT2D eigenvalue weighted by Crippen LogP contribution is -2.57. The third-order valence-corrected chi connectivity index (χ3v) is 3.28. The summed E-state index contributed by atoms with van der Waals surface area (Å²) in [7, 11) is 1.70. The SMILES string of the molecule is CN(C(=O)c1cc(Br)ccc1F)C1CNC1.Cl. The van der Waals surface area contributed by atoms with Gasteiger partial charge in [0.05, 0.1) is 11.6 Å². The zero-order valence-corrected chi connectivity index (χ0v) is 11.6. The van der Waals surface area contributed by atoms with Crippen molar-refractivity contribution in [1.29, 1.82) is 0 Å². The summed E-state index contributed by atoms with van der Waals surface area (Å²) in [4.78, 5) is 13.6. The molecule has 0 aromatic heterocycles. The number of likely N-dealkylation sites (N-methyl/N-ethyl adjacent to an activating group) is 1. The number of nitrogens with one attached hydrogen (secondary N) is 1. The van der Waals surface area contributed by atoms with Gasteiger partial charge in [-0.25, -0.2) is 4.39 Å². The summed E-state index contributed by atoms with van der Waals surface area (Å²) in [5, 5.41) is 3.08. The maximum Gasteiger partial charge on any atom is 0.256 e. The van der Waals surface area contributed by atoms with Gasteiger partial charge in [0.15, 0.2) is 0 Å². The number of hydrogen-bond acceptors (Lipinski definition) is 2. The minimum Gasteiger partial charge on any atom is -0.336 e. The molecule has 1 aromatic rings. The van der Waals surface area contributed by atoms with Crippen molar-refractivity contribution in [3.8, 4) is 0 Å². The Balaban J connectivity index is 0.00000144. The number of carbonyl (C=O) groups excluding carboxylic acids is 1. The molecular formula is C11H13BrClFN2O. The fraction of sp³-hybridized carbons (Fsp3) is 0.364. The van der Waals surface area contributed by atoms with E-state index in [1.807, 2.05) is 0 Å². The first-order valence-corrected chi connectivity index (χ1v) is 5.82. The summed E-state index contributed by atoms with van der Waals surface area (Å²) in [5.74, 6) is -0.752. The minimum absolute atomic E-state index is 0. The van der Waals surface area contributed by atoms with Crippen molar-refractivity contribution in [1.82, 2.24) is 10.2 Å². The maximum atomic E-state index is 13.5. The van der Waals surface area contributed by atoms with Gasteiger partial charge < -0.3 is 10.2 Å². The van der Waals surface area contributed by atoms with Gasteiger partial charge in [0.2, 0.25) is 0 Å². The molecule has 1 aromatic carbocycles. The van der Waals surface area contributed by atoms with Gasteiger partial charge >= 0.3 is 0 Å². The largest absolute Gasteiger partial charge is 0.336 e. The lowest BCUT2D eigenvalue weighted by molar-refractivity contribution is 0.0676. The van der Waals surface area contributed by atoms with Crippen LogP contribution in [-0.4, -0.2) is 37.0 Å². The normalized spacial score (nSPS) is 14.8. The number of nitrogens with zero attached hydrogens (tertiary/aromatic N) is 1. The van der Waals surface area contributed by atoms with Gasteiger partial charge in [-0.2, -0.15) is 0 Å². The molecule has 0 radical (unpaired) electrons. The lowest BCUT2D eigenvalue weighted by atomic mass is 10.1. The smallest absolute Gasteiger partial charge is 0.256 e. The van der Waals surface area contributed by atoms with E-state index in [4.69, 9.17) is 0 Å². The van der Waals surface area contributed by atoms with E-state index < -0.39 is 5.82 Å². The standard InChI is InChI=1S/C11H12BrFN2O.ClH/c1-15(8-5-14-6-8)11(16)9-4-7(12)2-3-10(9)13;/h2-4,8,14H,5-6H2,1H3;1H. The molecule has 0 spiro atoms. The van der Waals surface area contributed by atoms with Crippen molar-refractivity contribution >= 4 is 34.2 Å². The first kappa shape index (κ1) is 14.4. The number of carbonyl (C=O) groups is 1. The van der Waals surface area contributed by atoms with Crippen LogP contribution in [0.25, 0.3) is 0 Å². The highest BCUT2D eigenvalue weighted by atomic mass is 79.9. The highest BCUT2D eigenvalue weighted by Crippen LogP contribution is 2.18. The molecular weight excluding hydrogens is 310 g/mol. The Kier molecular flexibility index (Phi) is 4.91. The molecule has 17 heavy (non-hydrogen) atoms. The molecule has 94 valence electrons. The molecule has 1 aliphatic heterocycles. The molecule has 1 fully saturated rings. The molecule has 0 saturated carbocycles. The van der Waals surface area contributed by atoms with Crippen molar-refractivity contribution in [2.24, 2.45) is 0 Å². The van der Waals surface area contributed by atoms with E-state index >= 15 is 0 Å². The number of benzene rings is 1. The summed E-state index contributed by atoms with van der Waals surface area (Å²) in [5.41, 5.74) is 0.115. The van der Waals surface area contributed by atoms with Crippen molar-refractivity contribution in [2.75, 3.05) is 20.1 Å². The maximum absolute atomic E-state index is 13.5. The first-order chi connectivity index (χ1) is 7.59. The molecule has 0 bridgehead atoms. The van der Waals surface area contributed by atoms with Crippen LogP contribution in [0.5, 0.6) is 0 Å². The van der Waals surface area contributed by atoms with Gasteiger partial charge in [-0.1, -0.05) is 15.9 Å². The van der Waals surface area contributed by atoms with Crippen LogP contribution >= 0.6 is 28.3 Å². The third kappa shape index (κ3) is 2.97. The fourth-order valence-electron chi connectivity index (χ4n) is 1.56. The Morgan fingerprint density at radius 2 is 2.18 bits per heavy atom. The van der Waals surface area contributed by atoms with Crippen LogP contribution < -0.4 is 5.32 Å². The predicted molar refractivity (Wildman–Crippen MR) is 70.1 cm³/mol. The predicted octanol–water partition coefficient (Wildman–Crippen LogP) is 2.05. The topological polar surface area (TPSA) is 32.3 Å². The summed E-state index contributed by atoms with van der Waals surface area (Å²) in [6.07, 6.45) is 0. The summed E-state index contributed by atoms with van der Waals surface area (Å²) >= 11 is 3.23. The Labute approximate surface area is 114 Å². The number of hydrogen-bond donors (Lipinski definition) is 1. The molecule has 1 N–H and O–H groups in total. The molecule has 2 rings (SSSR count). The average molecular weight is 324 g/mol.